The van der Waals surface area contributed by atoms with Crippen LogP contribution in [0, 0.1) is 14.9 Å². The van der Waals surface area contributed by atoms with Crippen LogP contribution < -0.4 is 0 Å². The van der Waals surface area contributed by atoms with Crippen LogP contribution in [0.5, 0.6) is 0 Å². The van der Waals surface area contributed by atoms with Gasteiger partial charge in [0, 0.05) is 49.0 Å². The first-order chi connectivity index (χ1) is 2.64. The molecule has 0 saturated carbocycles. The molecule has 10 heavy (non-hydrogen) atoms. The van der Waals surface area contributed by atoms with E-state index in [-0.39, 0.29) is 49.0 Å². The largest absolute Gasteiger partial charge is 0.364 e. The molecule has 0 fully saturated rings. The Morgan fingerprint density at radius 2 is 0.700 bits per heavy atom. The van der Waals surface area contributed by atoms with Crippen LogP contribution in [-0.2, 0) is 34.1 Å². The summed E-state index contributed by atoms with van der Waals surface area (Å²) in [6, 6.07) is 0. The van der Waals surface area contributed by atoms with Crippen molar-refractivity contribution in [1.29, 1.82) is 0 Å². The van der Waals surface area contributed by atoms with Gasteiger partial charge in [0.2, 0.25) is 12.6 Å². The molecule has 0 amide bonds. The van der Waals surface area contributed by atoms with Crippen molar-refractivity contribution in [3.8, 4) is 0 Å². The first kappa shape index (κ1) is 31.1. The van der Waals surface area contributed by atoms with Crippen molar-refractivity contribution >= 4 is 0 Å². The summed E-state index contributed by atoms with van der Waals surface area (Å²) in [6.45, 7) is 0. The molecular weight excluding hydrogens is 239 g/mol. The SMILES string of the molecule is OC(O)C(O)O.[CH3+].[CH3+].[Cu].[Cu]. The molecule has 0 aromatic carbocycles. The number of rotatable bonds is 1. The van der Waals surface area contributed by atoms with E-state index in [9.17, 15) is 0 Å². The maximum absolute atomic E-state index is 7.69. The van der Waals surface area contributed by atoms with Crippen molar-refractivity contribution in [3.63, 3.8) is 0 Å². The van der Waals surface area contributed by atoms with Gasteiger partial charge in [0.15, 0.2) is 0 Å². The van der Waals surface area contributed by atoms with Crippen molar-refractivity contribution < 1.29 is 54.6 Å². The number of aliphatic hydroxyl groups is 4. The Hall–Kier alpha value is 0.619. The predicted octanol–water partition coefficient (Wildman–Crippen LogP) is -1.50. The van der Waals surface area contributed by atoms with Gasteiger partial charge in [-0.3, -0.25) is 0 Å². The van der Waals surface area contributed by atoms with Gasteiger partial charge in [-0.15, -0.1) is 0 Å². The van der Waals surface area contributed by atoms with Gasteiger partial charge in [0.1, 0.15) is 0 Å². The molecule has 0 saturated heterocycles. The first-order valence-corrected chi connectivity index (χ1v) is 1.37. The van der Waals surface area contributed by atoms with Gasteiger partial charge >= 0.3 is 0 Å². The molecule has 0 aromatic rings. The average molecular weight is 251 g/mol. The molecule has 4 N–H and O–H groups in total. The van der Waals surface area contributed by atoms with Crippen LogP contribution >= 0.6 is 0 Å². The van der Waals surface area contributed by atoms with Crippen LogP contribution in [-0.4, -0.2) is 33.0 Å². The Bertz CT molecular complexity index is 36.2. The summed E-state index contributed by atoms with van der Waals surface area (Å²) in [7, 11) is 0. The predicted molar refractivity (Wildman–Crippen MR) is 29.3 cm³/mol. The van der Waals surface area contributed by atoms with Gasteiger partial charge < -0.3 is 20.4 Å². The molecule has 0 spiro atoms. The fourth-order valence-electron chi connectivity index (χ4n) is 0. The second-order valence-corrected chi connectivity index (χ2v) is 0.827. The maximum atomic E-state index is 7.69. The Morgan fingerprint density at radius 1 is 0.600 bits per heavy atom. The van der Waals surface area contributed by atoms with Gasteiger partial charge in [0.25, 0.3) is 0 Å². The van der Waals surface area contributed by atoms with Crippen LogP contribution in [0.15, 0.2) is 0 Å². The minimum Gasteiger partial charge on any atom is -0.364 e. The second-order valence-electron chi connectivity index (χ2n) is 0.827. The van der Waals surface area contributed by atoms with Crippen molar-refractivity contribution in [2.75, 3.05) is 0 Å². The molecule has 0 heterocycles. The summed E-state index contributed by atoms with van der Waals surface area (Å²) in [5, 5.41) is 30.7. The second kappa shape index (κ2) is 16.3. The number of hydrogen-bond acceptors (Lipinski definition) is 4. The monoisotopic (exact) mass is 250 g/mol. The van der Waals surface area contributed by atoms with Crippen molar-refractivity contribution in [3.05, 3.63) is 14.9 Å². The molecule has 0 aliphatic heterocycles. The van der Waals surface area contributed by atoms with Crippen LogP contribution in [0.1, 0.15) is 0 Å². The summed E-state index contributed by atoms with van der Waals surface area (Å²) in [5.74, 6) is 0. The van der Waals surface area contributed by atoms with E-state index in [1.54, 1.807) is 0 Å². The van der Waals surface area contributed by atoms with Gasteiger partial charge in [-0.2, -0.15) is 0 Å². The zero-order valence-electron chi connectivity index (χ0n) is 5.55. The Balaban J connectivity index is -0.0000000208. The summed E-state index contributed by atoms with van der Waals surface area (Å²) < 4.78 is 0. The maximum Gasteiger partial charge on any atom is 0.204 e. The third-order valence-corrected chi connectivity index (χ3v) is 0.267. The molecule has 0 unspecified atom stereocenters. The molecule has 0 rings (SSSR count). The first-order valence-electron chi connectivity index (χ1n) is 1.37. The van der Waals surface area contributed by atoms with E-state index in [2.05, 4.69) is 0 Å². The molecule has 0 bridgehead atoms. The minimum absolute atomic E-state index is 0. The fourth-order valence-corrected chi connectivity index (χ4v) is 0. The standard InChI is InChI=1S/C2H6O4.2CH3.2Cu/c3-1(4)2(5)6;;;;/h1-6H;2*1H3;;/q;2*+1;;. The molecular formula is C4H12Cu2O4+2. The van der Waals surface area contributed by atoms with Gasteiger partial charge in [0.05, 0.1) is 0 Å². The topological polar surface area (TPSA) is 80.9 Å². The van der Waals surface area contributed by atoms with E-state index in [4.69, 9.17) is 20.4 Å². The van der Waals surface area contributed by atoms with Gasteiger partial charge in [-0.1, -0.05) is 0 Å². The van der Waals surface area contributed by atoms with Crippen LogP contribution in [0.2, 0.25) is 0 Å². The average Bonchev–Trinajstić information content (AvgIpc) is 1.36. The molecule has 6 heteroatoms. The Kier molecular flexibility index (Phi) is 50.8. The van der Waals surface area contributed by atoms with E-state index < -0.39 is 12.6 Å². The fraction of sp³-hybridized carbons (Fsp3) is 0.500. The molecule has 0 aliphatic carbocycles. The Morgan fingerprint density at radius 3 is 0.700 bits per heavy atom. The summed E-state index contributed by atoms with van der Waals surface area (Å²) >= 11 is 0. The quantitative estimate of drug-likeness (QED) is 0.260. The zero-order chi connectivity index (χ0) is 5.15. The van der Waals surface area contributed by atoms with Crippen molar-refractivity contribution in [2.45, 2.75) is 12.6 Å². The summed E-state index contributed by atoms with van der Waals surface area (Å²) in [4.78, 5) is 0. The van der Waals surface area contributed by atoms with E-state index in [1.807, 2.05) is 0 Å². The molecule has 2 radical (unpaired) electrons. The van der Waals surface area contributed by atoms with E-state index in [1.165, 1.54) is 0 Å². The third kappa shape index (κ3) is 23.5. The third-order valence-electron chi connectivity index (χ3n) is 0.267. The number of aliphatic hydroxyl groups excluding tert-OH is 2. The summed E-state index contributed by atoms with van der Waals surface area (Å²) in [6.07, 6.45) is -4.07. The van der Waals surface area contributed by atoms with E-state index in [0.29, 0.717) is 0 Å². The number of hydrogen-bond donors (Lipinski definition) is 4. The van der Waals surface area contributed by atoms with Gasteiger partial charge in [-0.25, -0.2) is 0 Å². The minimum atomic E-state index is -2.04. The van der Waals surface area contributed by atoms with Crippen LogP contribution in [0.4, 0.5) is 0 Å². The molecule has 4 nitrogen and oxygen atoms in total. The smallest absolute Gasteiger partial charge is 0.204 e. The molecule has 72 valence electrons. The molecule has 0 atom stereocenters. The molecule has 0 aliphatic rings. The van der Waals surface area contributed by atoms with E-state index in [0.717, 1.165) is 0 Å². The van der Waals surface area contributed by atoms with E-state index >= 15 is 0 Å². The molecule has 0 aromatic heterocycles. The van der Waals surface area contributed by atoms with Gasteiger partial charge in [-0.05, 0) is 0 Å². The summed E-state index contributed by atoms with van der Waals surface area (Å²) in [5.41, 5.74) is 0. The zero-order valence-corrected chi connectivity index (χ0v) is 7.43. The normalized spacial score (nSPS) is 6.60. The van der Waals surface area contributed by atoms with Crippen LogP contribution in [0.3, 0.4) is 0 Å². The van der Waals surface area contributed by atoms with Crippen LogP contribution in [0.25, 0.3) is 0 Å². The van der Waals surface area contributed by atoms with Crippen molar-refractivity contribution in [2.24, 2.45) is 0 Å². The Labute approximate surface area is 82.2 Å². The van der Waals surface area contributed by atoms with Crippen molar-refractivity contribution in [1.82, 2.24) is 0 Å².